The van der Waals surface area contributed by atoms with E-state index in [4.69, 9.17) is 4.74 Å². The Morgan fingerprint density at radius 3 is 2.41 bits per heavy atom. The average molecular weight is 304 g/mol. The van der Waals surface area contributed by atoms with E-state index in [1.807, 2.05) is 34.7 Å². The molecule has 0 N–H and O–H groups in total. The minimum absolute atomic E-state index is 0.102. The van der Waals surface area contributed by atoms with Gasteiger partial charge in [-0.25, -0.2) is 4.79 Å². The maximum Gasteiger partial charge on any atom is 0.410 e. The first-order chi connectivity index (χ1) is 10.2. The summed E-state index contributed by atoms with van der Waals surface area (Å²) in [6, 6.07) is 0. The predicted molar refractivity (Wildman–Crippen MR) is 83.9 cm³/mol. The molecule has 1 saturated carbocycles. The molecule has 5 heteroatoms. The van der Waals surface area contributed by atoms with Gasteiger partial charge >= 0.3 is 6.09 Å². The molecule has 1 aromatic rings. The third-order valence-electron chi connectivity index (χ3n) is 4.47. The van der Waals surface area contributed by atoms with Crippen molar-refractivity contribution >= 4 is 6.09 Å². The van der Waals surface area contributed by atoms with E-state index in [2.05, 4.69) is 0 Å². The topological polar surface area (TPSA) is 51.5 Å². The van der Waals surface area contributed by atoms with Crippen LogP contribution in [0.3, 0.4) is 0 Å². The van der Waals surface area contributed by atoms with E-state index in [9.17, 15) is 9.59 Å². The average Bonchev–Trinajstić information content (AvgIpc) is 3.11. The molecule has 1 amide bonds. The molecule has 3 rings (SSSR count). The van der Waals surface area contributed by atoms with Gasteiger partial charge in [0, 0.05) is 18.3 Å². The van der Waals surface area contributed by atoms with Gasteiger partial charge in [0.05, 0.1) is 13.1 Å². The number of hydrogen-bond donors (Lipinski definition) is 0. The summed E-state index contributed by atoms with van der Waals surface area (Å²) >= 11 is 0. The Labute approximate surface area is 130 Å². The first-order valence-electron chi connectivity index (χ1n) is 7.88. The van der Waals surface area contributed by atoms with Crippen molar-refractivity contribution in [2.24, 2.45) is 7.05 Å². The maximum absolute atomic E-state index is 12.6. The van der Waals surface area contributed by atoms with Gasteiger partial charge in [-0.2, -0.15) is 0 Å². The Morgan fingerprint density at radius 2 is 1.86 bits per heavy atom. The quantitative estimate of drug-likeness (QED) is 0.801. The zero-order valence-corrected chi connectivity index (χ0v) is 14.0. The van der Waals surface area contributed by atoms with Gasteiger partial charge in [0.1, 0.15) is 5.60 Å². The van der Waals surface area contributed by atoms with Crippen LogP contribution in [0, 0.1) is 6.92 Å². The van der Waals surface area contributed by atoms with Gasteiger partial charge in [-0.15, -0.1) is 0 Å². The predicted octanol–water partition coefficient (Wildman–Crippen LogP) is 2.82. The number of aromatic nitrogens is 1. The molecule has 2 aliphatic rings. The van der Waals surface area contributed by atoms with E-state index in [1.165, 1.54) is 0 Å². The Hall–Kier alpha value is -1.78. The van der Waals surface area contributed by atoms with Crippen molar-refractivity contribution in [2.45, 2.75) is 65.1 Å². The van der Waals surface area contributed by atoms with Crippen molar-refractivity contribution in [3.8, 4) is 0 Å². The lowest BCUT2D eigenvalue weighted by molar-refractivity contribution is 0.0240. The normalized spacial score (nSPS) is 17.6. The van der Waals surface area contributed by atoms with Gasteiger partial charge in [0.2, 0.25) is 0 Å². The monoisotopic (exact) mass is 304 g/mol. The summed E-state index contributed by atoms with van der Waals surface area (Å²) in [4.78, 5) is 26.5. The number of ether oxygens (including phenoxy) is 1. The molecule has 0 bridgehead atoms. The second kappa shape index (κ2) is 4.86. The second-order valence-corrected chi connectivity index (χ2v) is 7.44. The standard InChI is InChI=1S/C17H24N2O3/c1-10-12-8-19(16(21)22-17(2,3)4)9-13(12)18(5)15(20)14(10)11-6-7-11/h11H,6-9H2,1-5H3. The van der Waals surface area contributed by atoms with Gasteiger partial charge < -0.3 is 9.30 Å². The number of rotatable bonds is 1. The Kier molecular flexibility index (Phi) is 3.34. The Bertz CT molecular complexity index is 693. The van der Waals surface area contributed by atoms with Crippen LogP contribution in [0.1, 0.15) is 61.9 Å². The molecule has 0 unspecified atom stereocenters. The maximum atomic E-state index is 12.6. The SMILES string of the molecule is Cc1c2c(n(C)c(=O)c1C1CC1)CN(C(=O)OC(C)(C)C)C2. The fourth-order valence-corrected chi connectivity index (χ4v) is 3.19. The fourth-order valence-electron chi connectivity index (χ4n) is 3.19. The van der Waals surface area contributed by atoms with Gasteiger partial charge in [0.15, 0.2) is 0 Å². The number of nitrogens with zero attached hydrogens (tertiary/aromatic N) is 2. The van der Waals surface area contributed by atoms with Gasteiger partial charge in [-0.1, -0.05) is 0 Å². The van der Waals surface area contributed by atoms with E-state index in [1.54, 1.807) is 9.47 Å². The van der Waals surface area contributed by atoms with Crippen LogP contribution in [0.5, 0.6) is 0 Å². The number of fused-ring (bicyclic) bond motifs is 1. The molecule has 0 spiro atoms. The lowest BCUT2D eigenvalue weighted by atomic mass is 10.00. The highest BCUT2D eigenvalue weighted by atomic mass is 16.6. The van der Waals surface area contributed by atoms with E-state index in [0.717, 1.165) is 35.2 Å². The summed E-state index contributed by atoms with van der Waals surface area (Å²) in [5.41, 5.74) is 3.68. The molecule has 1 aliphatic heterocycles. The lowest BCUT2D eigenvalue weighted by Gasteiger charge is -2.24. The minimum Gasteiger partial charge on any atom is -0.444 e. The Balaban J connectivity index is 1.93. The highest BCUT2D eigenvalue weighted by Gasteiger charge is 2.35. The first-order valence-corrected chi connectivity index (χ1v) is 7.88. The van der Waals surface area contributed by atoms with Crippen LogP contribution in [0.25, 0.3) is 0 Å². The largest absolute Gasteiger partial charge is 0.444 e. The summed E-state index contributed by atoms with van der Waals surface area (Å²) < 4.78 is 7.18. The fraction of sp³-hybridized carbons (Fsp3) is 0.647. The molecule has 120 valence electrons. The van der Waals surface area contributed by atoms with Gasteiger partial charge in [-0.3, -0.25) is 9.69 Å². The molecule has 22 heavy (non-hydrogen) atoms. The number of carbonyl (C=O) groups is 1. The summed E-state index contributed by atoms with van der Waals surface area (Å²) in [5, 5.41) is 0. The van der Waals surface area contributed by atoms with Crippen LogP contribution >= 0.6 is 0 Å². The minimum atomic E-state index is -0.508. The lowest BCUT2D eigenvalue weighted by Crippen LogP contribution is -2.33. The van der Waals surface area contributed by atoms with Gasteiger partial charge in [0.25, 0.3) is 5.56 Å². The van der Waals surface area contributed by atoms with Crippen molar-refractivity contribution in [3.05, 3.63) is 32.7 Å². The second-order valence-electron chi connectivity index (χ2n) is 7.44. The molecule has 1 aromatic heterocycles. The molecule has 5 nitrogen and oxygen atoms in total. The summed E-state index contributed by atoms with van der Waals surface area (Å²) in [6.07, 6.45) is 1.89. The molecule has 2 heterocycles. The van der Waals surface area contributed by atoms with Crippen molar-refractivity contribution < 1.29 is 9.53 Å². The summed E-state index contributed by atoms with van der Waals surface area (Å²) in [7, 11) is 1.81. The van der Waals surface area contributed by atoms with E-state index in [0.29, 0.717) is 19.0 Å². The molecule has 1 fully saturated rings. The zero-order valence-electron chi connectivity index (χ0n) is 14.0. The smallest absolute Gasteiger partial charge is 0.410 e. The molecular formula is C17H24N2O3. The van der Waals surface area contributed by atoms with Crippen LogP contribution in [0.15, 0.2) is 4.79 Å². The van der Waals surface area contributed by atoms with Crippen molar-refractivity contribution in [3.63, 3.8) is 0 Å². The highest BCUT2D eigenvalue weighted by molar-refractivity contribution is 5.69. The van der Waals surface area contributed by atoms with E-state index < -0.39 is 5.60 Å². The molecular weight excluding hydrogens is 280 g/mol. The number of carbonyl (C=O) groups excluding carboxylic acids is 1. The zero-order chi connectivity index (χ0) is 16.2. The third-order valence-corrected chi connectivity index (χ3v) is 4.47. The van der Waals surface area contributed by atoms with Crippen molar-refractivity contribution in [1.82, 2.24) is 9.47 Å². The molecule has 1 aliphatic carbocycles. The first kappa shape index (κ1) is 15.1. The van der Waals surface area contributed by atoms with E-state index >= 15 is 0 Å². The highest BCUT2D eigenvalue weighted by Crippen LogP contribution is 2.41. The summed E-state index contributed by atoms with van der Waals surface area (Å²) in [6.45, 7) is 8.58. The van der Waals surface area contributed by atoms with Crippen molar-refractivity contribution in [2.75, 3.05) is 0 Å². The Morgan fingerprint density at radius 1 is 1.23 bits per heavy atom. The van der Waals surface area contributed by atoms with Crippen LogP contribution < -0.4 is 5.56 Å². The van der Waals surface area contributed by atoms with Gasteiger partial charge in [-0.05, 0) is 57.6 Å². The summed E-state index contributed by atoms with van der Waals surface area (Å²) in [5.74, 6) is 0.416. The van der Waals surface area contributed by atoms with Crippen LogP contribution in [0.4, 0.5) is 4.79 Å². The number of pyridine rings is 1. The number of hydrogen-bond acceptors (Lipinski definition) is 3. The van der Waals surface area contributed by atoms with Crippen molar-refractivity contribution in [1.29, 1.82) is 0 Å². The molecule has 0 radical (unpaired) electrons. The molecule has 0 saturated heterocycles. The molecule has 0 aromatic carbocycles. The van der Waals surface area contributed by atoms with Crippen LogP contribution in [-0.2, 0) is 24.9 Å². The van der Waals surface area contributed by atoms with Crippen LogP contribution in [-0.4, -0.2) is 21.2 Å². The third kappa shape index (κ3) is 2.53. The van der Waals surface area contributed by atoms with Crippen LogP contribution in [0.2, 0.25) is 0 Å². The molecule has 0 atom stereocenters. The van der Waals surface area contributed by atoms with E-state index in [-0.39, 0.29) is 11.7 Å². The number of amides is 1.